The van der Waals surface area contributed by atoms with Gasteiger partial charge < -0.3 is 9.64 Å². The molecule has 21 heavy (non-hydrogen) atoms. The summed E-state index contributed by atoms with van der Waals surface area (Å²) in [4.78, 5) is 25.4. The van der Waals surface area contributed by atoms with E-state index in [1.54, 1.807) is 20.8 Å². The lowest BCUT2D eigenvalue weighted by atomic mass is 9.68. The van der Waals surface area contributed by atoms with Crippen molar-refractivity contribution < 1.29 is 23.1 Å². The van der Waals surface area contributed by atoms with Crippen LogP contribution in [0.4, 0.5) is 13.6 Å². The highest BCUT2D eigenvalue weighted by Crippen LogP contribution is 2.47. The first kappa shape index (κ1) is 16.2. The monoisotopic (exact) mass is 303 g/mol. The van der Waals surface area contributed by atoms with Gasteiger partial charge in [-0.3, -0.25) is 4.79 Å². The van der Waals surface area contributed by atoms with Crippen LogP contribution in [-0.2, 0) is 9.53 Å². The number of alkyl halides is 2. The Morgan fingerprint density at radius 3 is 2.29 bits per heavy atom. The van der Waals surface area contributed by atoms with Crippen LogP contribution in [0.2, 0.25) is 0 Å². The normalized spacial score (nSPS) is 25.0. The number of likely N-dealkylation sites (tertiary alicyclic amines) is 1. The lowest BCUT2D eigenvalue weighted by Gasteiger charge is -2.45. The third-order valence-electron chi connectivity index (χ3n) is 4.16. The molecule has 1 spiro atoms. The molecule has 1 aliphatic heterocycles. The van der Waals surface area contributed by atoms with Crippen LogP contribution in [-0.4, -0.2) is 41.4 Å². The number of ether oxygens (including phenoxy) is 1. The first-order valence-corrected chi connectivity index (χ1v) is 7.38. The zero-order chi connectivity index (χ0) is 15.9. The highest BCUT2D eigenvalue weighted by Gasteiger charge is 2.48. The zero-order valence-corrected chi connectivity index (χ0v) is 12.9. The van der Waals surface area contributed by atoms with Crippen molar-refractivity contribution in [1.82, 2.24) is 4.90 Å². The Hall–Kier alpha value is -1.20. The molecule has 1 saturated carbocycles. The predicted molar refractivity (Wildman–Crippen MR) is 73.3 cm³/mol. The number of nitrogens with zero attached hydrogens (tertiary/aromatic N) is 1. The van der Waals surface area contributed by atoms with Crippen molar-refractivity contribution in [2.75, 3.05) is 13.1 Å². The quantitative estimate of drug-likeness (QED) is 0.689. The van der Waals surface area contributed by atoms with Gasteiger partial charge in [-0.1, -0.05) is 0 Å². The van der Waals surface area contributed by atoms with Gasteiger partial charge in [0.15, 0.2) is 5.78 Å². The fourth-order valence-electron chi connectivity index (χ4n) is 3.14. The van der Waals surface area contributed by atoms with Crippen molar-refractivity contribution in [2.45, 2.75) is 64.4 Å². The molecule has 0 aromatic rings. The Morgan fingerprint density at radius 2 is 1.76 bits per heavy atom. The molecule has 6 heteroatoms. The van der Waals surface area contributed by atoms with Gasteiger partial charge in [0.2, 0.25) is 5.92 Å². The summed E-state index contributed by atoms with van der Waals surface area (Å²) in [5.41, 5.74) is -1.13. The van der Waals surface area contributed by atoms with Gasteiger partial charge in [-0.2, -0.15) is 0 Å². The van der Waals surface area contributed by atoms with Crippen LogP contribution >= 0.6 is 0 Å². The summed E-state index contributed by atoms with van der Waals surface area (Å²) >= 11 is 0. The number of halogens is 2. The average Bonchev–Trinajstić information content (AvgIpc) is 2.31. The summed E-state index contributed by atoms with van der Waals surface area (Å²) in [6, 6.07) is 0. The number of hydrogen-bond donors (Lipinski definition) is 0. The second-order valence-corrected chi connectivity index (χ2v) is 7.41. The molecular formula is C15H23F2NO3. The summed E-state index contributed by atoms with van der Waals surface area (Å²) in [5.74, 6) is -2.71. The van der Waals surface area contributed by atoms with E-state index < -0.39 is 23.0 Å². The van der Waals surface area contributed by atoms with Crippen LogP contribution < -0.4 is 0 Å². The minimum atomic E-state index is -2.64. The van der Waals surface area contributed by atoms with Crippen LogP contribution in [0.3, 0.4) is 0 Å². The SMILES string of the molecule is CC(C)(C)OC(=O)N1CC(=O)CC2(CCC(F)(F)CC2)C1. The number of carbonyl (C=O) groups excluding carboxylic acids is 2. The van der Waals surface area contributed by atoms with E-state index in [0.29, 0.717) is 13.0 Å². The lowest BCUT2D eigenvalue weighted by molar-refractivity contribution is -0.133. The molecule has 2 aliphatic rings. The van der Waals surface area contributed by atoms with Crippen LogP contribution in [0.15, 0.2) is 0 Å². The van der Waals surface area contributed by atoms with E-state index in [0.717, 1.165) is 0 Å². The van der Waals surface area contributed by atoms with Gasteiger partial charge in [-0.25, -0.2) is 13.6 Å². The van der Waals surface area contributed by atoms with Crippen molar-refractivity contribution in [2.24, 2.45) is 5.41 Å². The summed E-state index contributed by atoms with van der Waals surface area (Å²) < 4.78 is 31.9. The Morgan fingerprint density at radius 1 is 1.19 bits per heavy atom. The van der Waals surface area contributed by atoms with Crippen LogP contribution in [0.5, 0.6) is 0 Å². The first-order chi connectivity index (χ1) is 9.50. The van der Waals surface area contributed by atoms with E-state index in [4.69, 9.17) is 4.74 Å². The van der Waals surface area contributed by atoms with Gasteiger partial charge in [-0.05, 0) is 39.0 Å². The van der Waals surface area contributed by atoms with Gasteiger partial charge in [0, 0.05) is 25.8 Å². The van der Waals surface area contributed by atoms with Crippen LogP contribution in [0.1, 0.15) is 52.9 Å². The van der Waals surface area contributed by atoms with Gasteiger partial charge in [0.25, 0.3) is 0 Å². The number of amides is 1. The third kappa shape index (κ3) is 4.14. The molecule has 2 fully saturated rings. The minimum absolute atomic E-state index is 0.0209. The zero-order valence-electron chi connectivity index (χ0n) is 12.9. The third-order valence-corrected chi connectivity index (χ3v) is 4.16. The number of hydrogen-bond acceptors (Lipinski definition) is 3. The van der Waals surface area contributed by atoms with E-state index in [2.05, 4.69) is 0 Å². The van der Waals surface area contributed by atoms with E-state index in [1.807, 2.05) is 0 Å². The number of Topliss-reactive ketones (excluding diaryl/α,β-unsaturated/α-hetero) is 1. The van der Waals surface area contributed by atoms with Gasteiger partial charge >= 0.3 is 6.09 Å². The fourth-order valence-corrected chi connectivity index (χ4v) is 3.14. The molecule has 4 nitrogen and oxygen atoms in total. The molecule has 0 atom stereocenters. The van der Waals surface area contributed by atoms with Crippen LogP contribution in [0, 0.1) is 5.41 Å². The highest BCUT2D eigenvalue weighted by molar-refractivity contribution is 5.86. The van der Waals surface area contributed by atoms with Gasteiger partial charge in [-0.15, -0.1) is 0 Å². The molecule has 1 saturated heterocycles. The summed E-state index contributed by atoms with van der Waals surface area (Å²) in [7, 11) is 0. The first-order valence-electron chi connectivity index (χ1n) is 7.38. The number of ketones is 1. The molecule has 0 aromatic heterocycles. The Balaban J connectivity index is 2.06. The predicted octanol–water partition coefficient (Wildman–Crippen LogP) is 3.39. The van der Waals surface area contributed by atoms with E-state index >= 15 is 0 Å². The van der Waals surface area contributed by atoms with E-state index in [-0.39, 0.29) is 38.0 Å². The van der Waals surface area contributed by atoms with Crippen molar-refractivity contribution in [1.29, 1.82) is 0 Å². The lowest BCUT2D eigenvalue weighted by Crippen LogP contribution is -2.53. The molecule has 0 radical (unpaired) electrons. The fraction of sp³-hybridized carbons (Fsp3) is 0.867. The molecular weight excluding hydrogens is 280 g/mol. The maximum absolute atomic E-state index is 13.3. The Labute approximate surface area is 123 Å². The van der Waals surface area contributed by atoms with Gasteiger partial charge in [0.05, 0.1) is 6.54 Å². The van der Waals surface area contributed by atoms with E-state index in [9.17, 15) is 18.4 Å². The van der Waals surface area contributed by atoms with Crippen LogP contribution in [0.25, 0.3) is 0 Å². The molecule has 2 rings (SSSR count). The Kier molecular flexibility index (Phi) is 4.02. The molecule has 1 amide bonds. The topological polar surface area (TPSA) is 46.6 Å². The minimum Gasteiger partial charge on any atom is -0.444 e. The molecule has 0 bridgehead atoms. The second-order valence-electron chi connectivity index (χ2n) is 7.41. The summed E-state index contributed by atoms with van der Waals surface area (Å²) in [5, 5.41) is 0. The van der Waals surface area contributed by atoms with E-state index in [1.165, 1.54) is 4.90 Å². The molecule has 0 unspecified atom stereocenters. The maximum Gasteiger partial charge on any atom is 0.410 e. The second kappa shape index (κ2) is 5.21. The molecule has 1 heterocycles. The summed E-state index contributed by atoms with van der Waals surface area (Å²) in [6.07, 6.45) is -0.0872. The average molecular weight is 303 g/mol. The number of carbonyl (C=O) groups is 2. The Bertz CT molecular complexity index is 433. The number of rotatable bonds is 0. The van der Waals surface area contributed by atoms with Gasteiger partial charge in [0.1, 0.15) is 5.60 Å². The van der Waals surface area contributed by atoms with Crippen molar-refractivity contribution in [3.8, 4) is 0 Å². The largest absolute Gasteiger partial charge is 0.444 e. The molecule has 0 aromatic carbocycles. The van der Waals surface area contributed by atoms with Crippen molar-refractivity contribution in [3.05, 3.63) is 0 Å². The molecule has 0 N–H and O–H groups in total. The molecule has 1 aliphatic carbocycles. The highest BCUT2D eigenvalue weighted by atomic mass is 19.3. The smallest absolute Gasteiger partial charge is 0.410 e. The number of piperidine rings is 1. The maximum atomic E-state index is 13.3. The molecule has 120 valence electrons. The van der Waals surface area contributed by atoms with Crippen molar-refractivity contribution >= 4 is 11.9 Å². The summed E-state index contributed by atoms with van der Waals surface area (Å²) in [6.45, 7) is 5.63. The standard InChI is InChI=1S/C15H23F2NO3/c1-13(2,3)21-12(20)18-9-11(19)8-14(10-18)4-6-15(16,17)7-5-14/h4-10H2,1-3H3. The van der Waals surface area contributed by atoms with Crippen molar-refractivity contribution in [3.63, 3.8) is 0 Å².